The Kier molecular flexibility index (Phi) is 5.23. The zero-order chi connectivity index (χ0) is 15.5. The van der Waals surface area contributed by atoms with E-state index in [1.165, 1.54) is 51.4 Å². The van der Waals surface area contributed by atoms with E-state index in [9.17, 15) is 4.39 Å². The summed E-state index contributed by atoms with van der Waals surface area (Å²) in [7, 11) is 0. The number of benzene rings is 1. The van der Waals surface area contributed by atoms with Gasteiger partial charge in [-0.05, 0) is 92.7 Å². The number of hydrogen-bond donors (Lipinski definition) is 0. The van der Waals surface area contributed by atoms with Crippen LogP contribution in [0.4, 0.5) is 4.39 Å². The third-order valence-electron chi connectivity index (χ3n) is 6.00. The fourth-order valence-corrected chi connectivity index (χ4v) is 4.66. The van der Waals surface area contributed by atoms with Crippen molar-refractivity contribution in [3.63, 3.8) is 0 Å². The van der Waals surface area contributed by atoms with Gasteiger partial charge in [0.25, 0.3) is 0 Å². The molecule has 0 N–H and O–H groups in total. The van der Waals surface area contributed by atoms with Gasteiger partial charge in [0.1, 0.15) is 5.82 Å². The molecule has 3 rings (SSSR count). The molecular weight excluding hydrogens is 295 g/mol. The van der Waals surface area contributed by atoms with Gasteiger partial charge >= 0.3 is 0 Å². The zero-order valence-electron chi connectivity index (χ0n) is 13.2. The summed E-state index contributed by atoms with van der Waals surface area (Å²) in [6.07, 6.45) is 12.6. The molecule has 0 heterocycles. The first kappa shape index (κ1) is 16.1. The van der Waals surface area contributed by atoms with Gasteiger partial charge in [-0.1, -0.05) is 23.7 Å². The summed E-state index contributed by atoms with van der Waals surface area (Å²) in [5.41, 5.74) is 1.13. The average molecular weight is 321 g/mol. The number of halogens is 2. The summed E-state index contributed by atoms with van der Waals surface area (Å²) in [6.45, 7) is 3.94. The molecule has 0 aliphatic heterocycles. The lowest BCUT2D eigenvalue weighted by atomic mass is 9.68. The minimum Gasteiger partial charge on any atom is -0.205 e. The normalized spacial score (nSPS) is 32.6. The summed E-state index contributed by atoms with van der Waals surface area (Å²) < 4.78 is 13.6. The van der Waals surface area contributed by atoms with Gasteiger partial charge in [-0.2, -0.15) is 0 Å². The third-order valence-corrected chi connectivity index (χ3v) is 6.31. The van der Waals surface area contributed by atoms with Crippen molar-refractivity contribution in [2.45, 2.75) is 57.3 Å². The molecule has 0 saturated heterocycles. The Hall–Kier alpha value is -0.820. The fraction of sp³-hybridized carbons (Fsp3) is 0.600. The highest BCUT2D eigenvalue weighted by Gasteiger charge is 2.30. The fourth-order valence-electron chi connectivity index (χ4n) is 4.54. The molecule has 2 heteroatoms. The first-order chi connectivity index (χ1) is 10.7. The quantitative estimate of drug-likeness (QED) is 0.540. The monoisotopic (exact) mass is 320 g/mol. The Morgan fingerprint density at radius 2 is 1.55 bits per heavy atom. The standard InChI is InChI=1S/C20H26ClF/c1-2-14-3-5-15(6-4-14)16-7-9-17(10-8-16)18-11-12-19(21)20(22)13-18/h2,11-17H,1,3-10H2/t14-,15-,16?,17?. The highest BCUT2D eigenvalue weighted by molar-refractivity contribution is 6.30. The van der Waals surface area contributed by atoms with E-state index in [-0.39, 0.29) is 10.8 Å². The van der Waals surface area contributed by atoms with Crippen LogP contribution in [0.15, 0.2) is 30.9 Å². The van der Waals surface area contributed by atoms with Crippen LogP contribution >= 0.6 is 11.6 Å². The van der Waals surface area contributed by atoms with Crippen molar-refractivity contribution < 1.29 is 4.39 Å². The molecule has 120 valence electrons. The maximum Gasteiger partial charge on any atom is 0.142 e. The molecule has 0 amide bonds. The number of allylic oxidation sites excluding steroid dienone is 1. The van der Waals surface area contributed by atoms with Gasteiger partial charge in [-0.25, -0.2) is 4.39 Å². The summed E-state index contributed by atoms with van der Waals surface area (Å²) in [6, 6.07) is 5.35. The first-order valence-corrected chi connectivity index (χ1v) is 9.12. The topological polar surface area (TPSA) is 0 Å². The van der Waals surface area contributed by atoms with Crippen molar-refractivity contribution >= 4 is 11.6 Å². The average Bonchev–Trinajstić information content (AvgIpc) is 2.58. The van der Waals surface area contributed by atoms with Crippen LogP contribution in [0, 0.1) is 23.6 Å². The predicted molar refractivity (Wildman–Crippen MR) is 91.8 cm³/mol. The highest BCUT2D eigenvalue weighted by atomic mass is 35.5. The van der Waals surface area contributed by atoms with Crippen LogP contribution in [0.2, 0.25) is 5.02 Å². The summed E-state index contributed by atoms with van der Waals surface area (Å²) >= 11 is 5.79. The molecule has 0 nitrogen and oxygen atoms in total. The van der Waals surface area contributed by atoms with E-state index in [2.05, 4.69) is 12.7 Å². The van der Waals surface area contributed by atoms with E-state index in [1.807, 2.05) is 6.07 Å². The molecule has 1 aromatic rings. The van der Waals surface area contributed by atoms with Crippen molar-refractivity contribution in [2.75, 3.05) is 0 Å². The maximum absolute atomic E-state index is 13.6. The summed E-state index contributed by atoms with van der Waals surface area (Å²) in [5.74, 6) is 2.81. The molecule has 2 aliphatic carbocycles. The highest BCUT2D eigenvalue weighted by Crippen LogP contribution is 2.44. The second-order valence-corrected chi connectivity index (χ2v) is 7.60. The van der Waals surface area contributed by atoms with Crippen molar-refractivity contribution in [3.8, 4) is 0 Å². The Morgan fingerprint density at radius 3 is 2.09 bits per heavy atom. The van der Waals surface area contributed by atoms with E-state index < -0.39 is 0 Å². The summed E-state index contributed by atoms with van der Waals surface area (Å²) in [4.78, 5) is 0. The van der Waals surface area contributed by atoms with Crippen molar-refractivity contribution in [3.05, 3.63) is 47.3 Å². The van der Waals surface area contributed by atoms with Crippen LogP contribution in [0.3, 0.4) is 0 Å². The van der Waals surface area contributed by atoms with E-state index in [0.29, 0.717) is 5.92 Å². The molecule has 0 unspecified atom stereocenters. The van der Waals surface area contributed by atoms with Crippen LogP contribution in [-0.2, 0) is 0 Å². The van der Waals surface area contributed by atoms with Crippen LogP contribution in [0.1, 0.15) is 62.8 Å². The van der Waals surface area contributed by atoms with E-state index in [1.54, 1.807) is 12.1 Å². The van der Waals surface area contributed by atoms with Gasteiger partial charge in [0.05, 0.1) is 5.02 Å². The van der Waals surface area contributed by atoms with E-state index in [0.717, 1.165) is 23.3 Å². The minimum absolute atomic E-state index is 0.233. The van der Waals surface area contributed by atoms with Crippen LogP contribution in [0.5, 0.6) is 0 Å². The Bertz CT molecular complexity index is 508. The lowest BCUT2D eigenvalue weighted by Crippen LogP contribution is -2.25. The molecule has 1 aromatic carbocycles. The molecule has 0 spiro atoms. The zero-order valence-corrected chi connectivity index (χ0v) is 14.0. The van der Waals surface area contributed by atoms with Crippen LogP contribution in [-0.4, -0.2) is 0 Å². The Morgan fingerprint density at radius 1 is 0.955 bits per heavy atom. The summed E-state index contributed by atoms with van der Waals surface area (Å²) in [5, 5.41) is 0.233. The van der Waals surface area contributed by atoms with Crippen molar-refractivity contribution in [1.82, 2.24) is 0 Å². The molecule has 22 heavy (non-hydrogen) atoms. The second-order valence-electron chi connectivity index (χ2n) is 7.20. The molecule has 0 radical (unpaired) electrons. The smallest absolute Gasteiger partial charge is 0.142 e. The van der Waals surface area contributed by atoms with Gasteiger partial charge in [-0.15, -0.1) is 6.58 Å². The predicted octanol–water partition coefficient (Wildman–Crippen LogP) is 6.75. The van der Waals surface area contributed by atoms with Crippen molar-refractivity contribution in [1.29, 1.82) is 0 Å². The molecular formula is C20H26ClF. The maximum atomic E-state index is 13.6. The Balaban J connectivity index is 1.54. The van der Waals surface area contributed by atoms with Crippen LogP contribution < -0.4 is 0 Å². The molecule has 2 saturated carbocycles. The van der Waals surface area contributed by atoms with Crippen molar-refractivity contribution in [2.24, 2.45) is 17.8 Å². The largest absolute Gasteiger partial charge is 0.205 e. The molecule has 2 aliphatic rings. The van der Waals surface area contributed by atoms with Gasteiger partial charge in [0.15, 0.2) is 0 Å². The molecule has 2 fully saturated rings. The van der Waals surface area contributed by atoms with Gasteiger partial charge in [0, 0.05) is 0 Å². The SMILES string of the molecule is C=C[C@H]1CC[C@H](C2CCC(c3ccc(Cl)c(F)c3)CC2)CC1. The molecule has 0 aromatic heterocycles. The molecule has 0 atom stereocenters. The lowest BCUT2D eigenvalue weighted by Gasteiger charge is -2.37. The number of hydrogen-bond acceptors (Lipinski definition) is 0. The number of rotatable bonds is 3. The van der Waals surface area contributed by atoms with Gasteiger partial charge in [-0.3, -0.25) is 0 Å². The second kappa shape index (κ2) is 7.17. The van der Waals surface area contributed by atoms with E-state index in [4.69, 9.17) is 11.6 Å². The minimum atomic E-state index is -0.274. The Labute approximate surface area is 138 Å². The molecule has 0 bridgehead atoms. The first-order valence-electron chi connectivity index (χ1n) is 8.75. The van der Waals surface area contributed by atoms with Gasteiger partial charge < -0.3 is 0 Å². The lowest BCUT2D eigenvalue weighted by molar-refractivity contribution is 0.171. The van der Waals surface area contributed by atoms with Gasteiger partial charge in [0.2, 0.25) is 0 Å². The third kappa shape index (κ3) is 3.56. The van der Waals surface area contributed by atoms with E-state index >= 15 is 0 Å². The van der Waals surface area contributed by atoms with Crippen LogP contribution in [0.25, 0.3) is 0 Å².